The Labute approximate surface area is 205 Å². The van der Waals surface area contributed by atoms with Gasteiger partial charge in [0.25, 0.3) is 0 Å². The summed E-state index contributed by atoms with van der Waals surface area (Å²) in [5.41, 5.74) is 5.58. The minimum absolute atomic E-state index is 0.126. The first-order chi connectivity index (χ1) is 15.9. The molecule has 0 aliphatic heterocycles. The van der Waals surface area contributed by atoms with Crippen molar-refractivity contribution < 1.29 is 24.9 Å². The molecule has 0 unspecified atom stereocenters. The molecule has 5 heteroatoms. The van der Waals surface area contributed by atoms with Gasteiger partial charge in [0.05, 0.1) is 6.10 Å². The van der Waals surface area contributed by atoms with Gasteiger partial charge in [-0.1, -0.05) is 34.9 Å². The first-order valence-corrected chi connectivity index (χ1v) is 11.9. The Morgan fingerprint density at radius 1 is 1.00 bits per heavy atom. The number of esters is 1. The zero-order chi connectivity index (χ0) is 25.8. The SMILES string of the molecule is CC(=O)O[C@H](C=C(C)CCC=C(C)[C@H](O)CC=C(C)C)CC(C)=CCc1cc(O)cc(C)c1O. The minimum atomic E-state index is -0.462. The Morgan fingerprint density at radius 3 is 2.29 bits per heavy atom. The standard InChI is InChI=1S/C29H42O5/c1-19(2)11-14-28(32)22(5)10-8-9-20(3)15-27(34-24(7)30)16-21(4)12-13-25-18-26(31)17-23(6)29(25)33/h10-12,15,17-18,27-28,31-33H,8-9,13-14,16H2,1-7H3/t27-,28-/m1/s1. The molecule has 0 heterocycles. The number of allylic oxidation sites excluding steroid dienone is 4. The molecule has 1 aromatic carbocycles. The maximum Gasteiger partial charge on any atom is 0.303 e. The molecule has 0 aliphatic rings. The number of ether oxygens (including phenoxy) is 1. The molecule has 2 atom stereocenters. The lowest BCUT2D eigenvalue weighted by atomic mass is 10.0. The summed E-state index contributed by atoms with van der Waals surface area (Å²) in [4.78, 5) is 11.6. The molecule has 3 N–H and O–H groups in total. The number of hydrogen-bond donors (Lipinski definition) is 3. The third-order valence-corrected chi connectivity index (χ3v) is 5.63. The number of phenolic OH excluding ortho intramolecular Hbond substituents is 2. The lowest BCUT2D eigenvalue weighted by Crippen LogP contribution is -2.15. The number of hydrogen-bond acceptors (Lipinski definition) is 5. The van der Waals surface area contributed by atoms with E-state index in [0.29, 0.717) is 30.4 Å². The van der Waals surface area contributed by atoms with Crippen LogP contribution in [0.2, 0.25) is 0 Å². The van der Waals surface area contributed by atoms with Gasteiger partial charge in [-0.05, 0) is 96.6 Å². The quantitative estimate of drug-likeness (QED) is 0.182. The maximum absolute atomic E-state index is 11.6. The van der Waals surface area contributed by atoms with E-state index in [-0.39, 0.29) is 23.6 Å². The van der Waals surface area contributed by atoms with Gasteiger partial charge in [-0.15, -0.1) is 0 Å². The highest BCUT2D eigenvalue weighted by Gasteiger charge is 2.12. The monoisotopic (exact) mass is 470 g/mol. The van der Waals surface area contributed by atoms with Crippen LogP contribution in [0.1, 0.15) is 78.4 Å². The Balaban J connectivity index is 2.79. The number of carbonyl (C=O) groups excluding carboxylic acids is 1. The molecule has 0 amide bonds. The van der Waals surface area contributed by atoms with Gasteiger partial charge in [0.15, 0.2) is 0 Å². The molecule has 0 fully saturated rings. The number of phenols is 2. The van der Waals surface area contributed by atoms with Gasteiger partial charge in [0.2, 0.25) is 0 Å². The average Bonchev–Trinajstić information content (AvgIpc) is 2.72. The van der Waals surface area contributed by atoms with Crippen molar-refractivity contribution >= 4 is 5.97 Å². The van der Waals surface area contributed by atoms with E-state index >= 15 is 0 Å². The molecule has 188 valence electrons. The summed E-state index contributed by atoms with van der Waals surface area (Å²) in [5.74, 6) is -0.0221. The van der Waals surface area contributed by atoms with Crippen LogP contribution in [0.3, 0.4) is 0 Å². The molecule has 0 spiro atoms. The van der Waals surface area contributed by atoms with E-state index < -0.39 is 6.10 Å². The van der Waals surface area contributed by atoms with Crippen LogP contribution in [0, 0.1) is 6.92 Å². The third kappa shape index (κ3) is 11.4. The molecule has 0 aromatic heterocycles. The topological polar surface area (TPSA) is 87.0 Å². The van der Waals surface area contributed by atoms with E-state index in [9.17, 15) is 20.1 Å². The Kier molecular flexibility index (Phi) is 12.4. The van der Waals surface area contributed by atoms with Crippen molar-refractivity contribution in [1.29, 1.82) is 0 Å². The fourth-order valence-electron chi connectivity index (χ4n) is 3.62. The molecule has 0 bridgehead atoms. The highest BCUT2D eigenvalue weighted by molar-refractivity contribution is 5.66. The van der Waals surface area contributed by atoms with Crippen LogP contribution in [0.15, 0.2) is 58.7 Å². The van der Waals surface area contributed by atoms with E-state index in [0.717, 1.165) is 29.6 Å². The van der Waals surface area contributed by atoms with Crippen LogP contribution < -0.4 is 0 Å². The second-order valence-electron chi connectivity index (χ2n) is 9.41. The average molecular weight is 471 g/mol. The first-order valence-electron chi connectivity index (χ1n) is 11.9. The summed E-state index contributed by atoms with van der Waals surface area (Å²) in [7, 11) is 0. The summed E-state index contributed by atoms with van der Waals surface area (Å²) >= 11 is 0. The number of carbonyl (C=O) groups is 1. The van der Waals surface area contributed by atoms with Crippen molar-refractivity contribution in [2.45, 2.75) is 92.8 Å². The van der Waals surface area contributed by atoms with E-state index in [1.54, 1.807) is 13.0 Å². The molecule has 5 nitrogen and oxygen atoms in total. The molecule has 34 heavy (non-hydrogen) atoms. The smallest absolute Gasteiger partial charge is 0.303 e. The number of aliphatic hydroxyl groups excluding tert-OH is 1. The van der Waals surface area contributed by atoms with Gasteiger partial charge in [-0.25, -0.2) is 0 Å². The maximum atomic E-state index is 11.6. The Morgan fingerprint density at radius 2 is 1.68 bits per heavy atom. The molecule has 1 aromatic rings. The van der Waals surface area contributed by atoms with Crippen LogP contribution in [-0.4, -0.2) is 33.5 Å². The second-order valence-corrected chi connectivity index (χ2v) is 9.41. The van der Waals surface area contributed by atoms with E-state index in [1.807, 2.05) is 52.8 Å². The summed E-state index contributed by atoms with van der Waals surface area (Å²) in [6.45, 7) is 13.1. The van der Waals surface area contributed by atoms with Crippen molar-refractivity contribution in [3.63, 3.8) is 0 Å². The van der Waals surface area contributed by atoms with E-state index in [4.69, 9.17) is 4.74 Å². The van der Waals surface area contributed by atoms with Gasteiger partial charge in [-0.3, -0.25) is 4.79 Å². The van der Waals surface area contributed by atoms with Gasteiger partial charge in [0, 0.05) is 18.9 Å². The number of aromatic hydroxyl groups is 2. The van der Waals surface area contributed by atoms with E-state index in [2.05, 4.69) is 6.08 Å². The minimum Gasteiger partial charge on any atom is -0.508 e. The molecular formula is C29H42O5. The molecular weight excluding hydrogens is 428 g/mol. The second kappa shape index (κ2) is 14.5. The lowest BCUT2D eigenvalue weighted by Gasteiger charge is -2.16. The fraction of sp³-hybridized carbons (Fsp3) is 0.483. The van der Waals surface area contributed by atoms with Crippen molar-refractivity contribution in [2.24, 2.45) is 0 Å². The summed E-state index contributed by atoms with van der Waals surface area (Å²) in [5, 5.41) is 30.3. The third-order valence-electron chi connectivity index (χ3n) is 5.63. The van der Waals surface area contributed by atoms with Crippen molar-refractivity contribution in [3.8, 4) is 11.5 Å². The highest BCUT2D eigenvalue weighted by Crippen LogP contribution is 2.28. The number of aliphatic hydroxyl groups is 1. The first kappa shape index (κ1) is 29.2. The molecule has 0 radical (unpaired) electrons. The molecule has 0 saturated heterocycles. The predicted octanol–water partition coefficient (Wildman–Crippen LogP) is 6.61. The molecule has 0 saturated carbocycles. The van der Waals surface area contributed by atoms with Gasteiger partial charge >= 0.3 is 5.97 Å². The zero-order valence-corrected chi connectivity index (χ0v) is 21.8. The highest BCUT2D eigenvalue weighted by atomic mass is 16.5. The predicted molar refractivity (Wildman–Crippen MR) is 139 cm³/mol. The largest absolute Gasteiger partial charge is 0.508 e. The Bertz CT molecular complexity index is 946. The van der Waals surface area contributed by atoms with Crippen LogP contribution in [0.4, 0.5) is 0 Å². The summed E-state index contributed by atoms with van der Waals surface area (Å²) in [6.07, 6.45) is 10.5. The van der Waals surface area contributed by atoms with Crippen molar-refractivity contribution in [2.75, 3.05) is 0 Å². The number of benzene rings is 1. The van der Waals surface area contributed by atoms with Crippen LogP contribution in [0.25, 0.3) is 0 Å². The van der Waals surface area contributed by atoms with Crippen LogP contribution >= 0.6 is 0 Å². The number of rotatable bonds is 12. The lowest BCUT2D eigenvalue weighted by molar-refractivity contribution is -0.144. The van der Waals surface area contributed by atoms with Crippen molar-refractivity contribution in [1.82, 2.24) is 0 Å². The van der Waals surface area contributed by atoms with E-state index in [1.165, 1.54) is 18.6 Å². The Hall–Kier alpha value is -2.79. The van der Waals surface area contributed by atoms with Gasteiger partial charge in [-0.2, -0.15) is 0 Å². The number of aryl methyl sites for hydroxylation is 1. The van der Waals surface area contributed by atoms with Crippen LogP contribution in [-0.2, 0) is 16.0 Å². The van der Waals surface area contributed by atoms with Gasteiger partial charge in [0.1, 0.15) is 17.6 Å². The zero-order valence-electron chi connectivity index (χ0n) is 21.8. The fourth-order valence-corrected chi connectivity index (χ4v) is 3.62. The normalized spacial score (nSPS) is 14.5. The van der Waals surface area contributed by atoms with Gasteiger partial charge < -0.3 is 20.1 Å². The van der Waals surface area contributed by atoms with Crippen molar-refractivity contribution in [3.05, 3.63) is 69.9 Å². The molecule has 0 aliphatic carbocycles. The van der Waals surface area contributed by atoms with Crippen LogP contribution in [0.5, 0.6) is 11.5 Å². The summed E-state index contributed by atoms with van der Waals surface area (Å²) in [6, 6.07) is 3.09. The summed E-state index contributed by atoms with van der Waals surface area (Å²) < 4.78 is 5.52. The molecule has 1 rings (SSSR count).